The summed E-state index contributed by atoms with van der Waals surface area (Å²) in [5, 5.41) is 5.93. The zero-order valence-electron chi connectivity index (χ0n) is 24.4. The molecule has 2 N–H and O–H groups in total. The first kappa shape index (κ1) is 30.8. The van der Waals surface area contributed by atoms with Gasteiger partial charge in [-0.05, 0) is 77.6 Å². The molecule has 0 aliphatic carbocycles. The highest BCUT2D eigenvalue weighted by molar-refractivity contribution is 6.31. The lowest BCUT2D eigenvalue weighted by molar-refractivity contribution is -0.137. The van der Waals surface area contributed by atoms with Crippen LogP contribution < -0.4 is 10.6 Å². The molecule has 1 heterocycles. The molecule has 0 radical (unpaired) electrons. The van der Waals surface area contributed by atoms with Crippen LogP contribution in [0.2, 0.25) is 5.02 Å². The molecule has 0 aliphatic rings. The molecule has 4 aromatic carbocycles. The Balaban J connectivity index is 1.53. The number of benzene rings is 4. The Kier molecular flexibility index (Phi) is 8.27. The zero-order valence-corrected chi connectivity index (χ0v) is 25.2. The van der Waals surface area contributed by atoms with Crippen molar-refractivity contribution in [3.05, 3.63) is 117 Å². The molecule has 6 nitrogen and oxygen atoms in total. The number of nitrogens with zero attached hydrogens (tertiary/aromatic N) is 1. The first-order valence-electron chi connectivity index (χ1n) is 13.8. The van der Waals surface area contributed by atoms with Gasteiger partial charge in [-0.2, -0.15) is 13.2 Å². The van der Waals surface area contributed by atoms with E-state index in [0.29, 0.717) is 21.7 Å². The van der Waals surface area contributed by atoms with E-state index in [4.69, 9.17) is 16.0 Å². The molecular weight excluding hydrogens is 591 g/mol. The standard InChI is InChI=1S/C34H29ClF3N3O3/c1-19-20(8-7-11-27(19)35)18-39-30(42)21-14-22(32-41-28-17-23(33(2,3)4)12-13-29(28)44-32)16-24(15-21)40-31(43)25-9-5-6-10-26(25)34(36,37)38/h5-17H,18H2,1-4H3,(H,39,42)(H,40,43). The van der Waals surface area contributed by atoms with E-state index in [-0.39, 0.29) is 29.1 Å². The molecule has 2 amide bonds. The number of rotatable bonds is 6. The highest BCUT2D eigenvalue weighted by atomic mass is 35.5. The largest absolute Gasteiger partial charge is 0.436 e. The number of aromatic nitrogens is 1. The maximum atomic E-state index is 13.6. The van der Waals surface area contributed by atoms with Crippen molar-refractivity contribution in [2.24, 2.45) is 0 Å². The third-order valence-electron chi connectivity index (χ3n) is 7.25. The van der Waals surface area contributed by atoms with Gasteiger partial charge in [-0.3, -0.25) is 9.59 Å². The summed E-state index contributed by atoms with van der Waals surface area (Å²) in [7, 11) is 0. The van der Waals surface area contributed by atoms with Gasteiger partial charge in [-0.25, -0.2) is 4.98 Å². The molecule has 0 saturated heterocycles. The minimum atomic E-state index is -4.73. The van der Waals surface area contributed by atoms with E-state index in [1.165, 1.54) is 24.3 Å². The SMILES string of the molecule is Cc1c(Cl)cccc1CNC(=O)c1cc(NC(=O)c2ccccc2C(F)(F)F)cc(-c2nc3cc(C(C)(C)C)ccc3o2)c1. The van der Waals surface area contributed by atoms with Crippen molar-refractivity contribution in [3.63, 3.8) is 0 Å². The van der Waals surface area contributed by atoms with Gasteiger partial charge in [0.2, 0.25) is 5.89 Å². The molecule has 0 bridgehead atoms. The summed E-state index contributed by atoms with van der Waals surface area (Å²) in [6.45, 7) is 8.25. The number of amides is 2. The van der Waals surface area contributed by atoms with Gasteiger partial charge < -0.3 is 15.1 Å². The van der Waals surface area contributed by atoms with E-state index in [1.54, 1.807) is 18.2 Å². The summed E-state index contributed by atoms with van der Waals surface area (Å²) in [6.07, 6.45) is -4.73. The first-order chi connectivity index (χ1) is 20.7. The summed E-state index contributed by atoms with van der Waals surface area (Å²) < 4.78 is 46.9. The third kappa shape index (κ3) is 6.63. The smallest absolute Gasteiger partial charge is 0.417 e. The number of hydrogen-bond donors (Lipinski definition) is 2. The van der Waals surface area contributed by atoms with Gasteiger partial charge in [0, 0.05) is 28.4 Å². The number of nitrogens with one attached hydrogen (secondary N) is 2. The molecular formula is C34H29ClF3N3O3. The Morgan fingerprint density at radius 2 is 1.66 bits per heavy atom. The number of halogens is 4. The van der Waals surface area contributed by atoms with Crippen molar-refractivity contribution >= 4 is 40.2 Å². The molecule has 10 heteroatoms. The molecule has 0 unspecified atom stereocenters. The van der Waals surface area contributed by atoms with Crippen LogP contribution in [-0.4, -0.2) is 16.8 Å². The van der Waals surface area contributed by atoms with Gasteiger partial charge in [0.1, 0.15) is 5.52 Å². The Morgan fingerprint density at radius 3 is 2.39 bits per heavy atom. The lowest BCUT2D eigenvalue weighted by Crippen LogP contribution is -2.24. The zero-order chi connectivity index (χ0) is 31.8. The summed E-state index contributed by atoms with van der Waals surface area (Å²) in [6, 6.07) is 20.0. The maximum Gasteiger partial charge on any atom is 0.417 e. The van der Waals surface area contributed by atoms with E-state index in [2.05, 4.69) is 36.4 Å². The number of carbonyl (C=O) groups excluding carboxylic acids is 2. The lowest BCUT2D eigenvalue weighted by Gasteiger charge is -2.18. The second kappa shape index (κ2) is 11.8. The van der Waals surface area contributed by atoms with Crippen molar-refractivity contribution in [1.82, 2.24) is 10.3 Å². The average Bonchev–Trinajstić information content (AvgIpc) is 3.40. The predicted octanol–water partition coefficient (Wildman–Crippen LogP) is 8.96. The molecule has 5 aromatic rings. The number of carbonyl (C=O) groups is 2. The van der Waals surface area contributed by atoms with E-state index in [9.17, 15) is 22.8 Å². The topological polar surface area (TPSA) is 84.2 Å². The van der Waals surface area contributed by atoms with E-state index >= 15 is 0 Å². The Morgan fingerprint density at radius 1 is 0.909 bits per heavy atom. The molecule has 0 aliphatic heterocycles. The van der Waals surface area contributed by atoms with Gasteiger partial charge in [0.15, 0.2) is 5.58 Å². The van der Waals surface area contributed by atoms with E-state index in [1.807, 2.05) is 31.2 Å². The van der Waals surface area contributed by atoms with Crippen molar-refractivity contribution < 1.29 is 27.2 Å². The molecule has 5 rings (SSSR count). The van der Waals surface area contributed by atoms with Crippen LogP contribution in [0, 0.1) is 6.92 Å². The summed E-state index contributed by atoms with van der Waals surface area (Å²) in [4.78, 5) is 31.1. The summed E-state index contributed by atoms with van der Waals surface area (Å²) >= 11 is 6.22. The second-order valence-corrected chi connectivity index (χ2v) is 11.9. The Hall–Kier alpha value is -4.63. The van der Waals surface area contributed by atoms with Crippen molar-refractivity contribution in [2.75, 3.05) is 5.32 Å². The van der Waals surface area contributed by atoms with Crippen LogP contribution in [-0.2, 0) is 18.1 Å². The highest BCUT2D eigenvalue weighted by Crippen LogP contribution is 2.34. The predicted molar refractivity (Wildman–Crippen MR) is 165 cm³/mol. The highest BCUT2D eigenvalue weighted by Gasteiger charge is 2.35. The van der Waals surface area contributed by atoms with Gasteiger partial charge in [-0.1, -0.05) is 62.7 Å². The van der Waals surface area contributed by atoms with Crippen LogP contribution in [0.3, 0.4) is 0 Å². The monoisotopic (exact) mass is 619 g/mol. The second-order valence-electron chi connectivity index (χ2n) is 11.5. The minimum Gasteiger partial charge on any atom is -0.436 e. The van der Waals surface area contributed by atoms with Gasteiger partial charge >= 0.3 is 6.18 Å². The number of anilines is 1. The van der Waals surface area contributed by atoms with Crippen molar-refractivity contribution in [3.8, 4) is 11.5 Å². The van der Waals surface area contributed by atoms with Gasteiger partial charge in [0.25, 0.3) is 11.8 Å². The molecule has 0 fully saturated rings. The van der Waals surface area contributed by atoms with Crippen LogP contribution in [0.4, 0.5) is 18.9 Å². The molecule has 44 heavy (non-hydrogen) atoms. The quantitative estimate of drug-likeness (QED) is 0.199. The number of alkyl halides is 3. The molecule has 226 valence electrons. The van der Waals surface area contributed by atoms with Gasteiger partial charge in [-0.15, -0.1) is 0 Å². The fourth-order valence-electron chi connectivity index (χ4n) is 4.72. The summed E-state index contributed by atoms with van der Waals surface area (Å²) in [5.41, 5.74) is 2.62. The fraction of sp³-hybridized carbons (Fsp3) is 0.206. The summed E-state index contributed by atoms with van der Waals surface area (Å²) in [5.74, 6) is -1.29. The average molecular weight is 620 g/mol. The lowest BCUT2D eigenvalue weighted by atomic mass is 9.87. The van der Waals surface area contributed by atoms with Crippen LogP contribution in [0.25, 0.3) is 22.6 Å². The maximum absolute atomic E-state index is 13.6. The Labute approximate surface area is 257 Å². The normalized spacial score (nSPS) is 11.9. The van der Waals surface area contributed by atoms with E-state index < -0.39 is 29.1 Å². The molecule has 0 saturated carbocycles. The molecule has 0 spiro atoms. The Bertz CT molecular complexity index is 1890. The third-order valence-corrected chi connectivity index (χ3v) is 7.66. The minimum absolute atomic E-state index is 0.0891. The van der Waals surface area contributed by atoms with Crippen LogP contribution in [0.15, 0.2) is 83.3 Å². The van der Waals surface area contributed by atoms with Crippen LogP contribution in [0.1, 0.15) is 63.7 Å². The molecule has 0 atom stereocenters. The van der Waals surface area contributed by atoms with E-state index in [0.717, 1.165) is 28.8 Å². The van der Waals surface area contributed by atoms with Crippen molar-refractivity contribution in [1.29, 1.82) is 0 Å². The number of hydrogen-bond acceptors (Lipinski definition) is 4. The number of oxazole rings is 1. The number of fused-ring (bicyclic) bond motifs is 1. The van der Waals surface area contributed by atoms with Crippen LogP contribution in [0.5, 0.6) is 0 Å². The van der Waals surface area contributed by atoms with Crippen molar-refractivity contribution in [2.45, 2.75) is 45.8 Å². The van der Waals surface area contributed by atoms with Gasteiger partial charge in [0.05, 0.1) is 11.1 Å². The molecule has 1 aromatic heterocycles. The fourth-order valence-corrected chi connectivity index (χ4v) is 4.91. The first-order valence-corrected chi connectivity index (χ1v) is 14.1. The van der Waals surface area contributed by atoms with Crippen LogP contribution >= 0.6 is 11.6 Å².